The van der Waals surface area contributed by atoms with Gasteiger partial charge in [-0.15, -0.1) is 0 Å². The summed E-state index contributed by atoms with van der Waals surface area (Å²) < 4.78 is 39.5. The molecule has 0 fully saturated rings. The topological polar surface area (TPSA) is 75.7 Å². The van der Waals surface area contributed by atoms with E-state index in [-0.39, 0.29) is 36.2 Å². The number of ether oxygens (including phenoxy) is 1. The maximum absolute atomic E-state index is 10.2. The molecule has 27 heavy (non-hydrogen) atoms. The van der Waals surface area contributed by atoms with Gasteiger partial charge in [-0.25, -0.2) is 8.42 Å². The molecule has 0 unspecified atom stereocenters. The predicted octanol–water partition coefficient (Wildman–Crippen LogP) is 2.99. The molecule has 160 valence electrons. The first-order chi connectivity index (χ1) is 12.5. The Kier molecular flexibility index (Phi) is 32.3. The third-order valence-corrected chi connectivity index (χ3v) is 4.59. The maximum atomic E-state index is 10.2. The molecule has 7 heteroatoms. The van der Waals surface area contributed by atoms with Gasteiger partial charge >= 0.3 is 29.6 Å². The van der Waals surface area contributed by atoms with Gasteiger partial charge in [0.1, 0.15) is 0 Å². The summed E-state index contributed by atoms with van der Waals surface area (Å²) in [6.45, 7) is 7.95. The average Bonchev–Trinajstić information content (AvgIpc) is 2.58. The first-order valence-electron chi connectivity index (χ1n) is 10.7. The van der Waals surface area contributed by atoms with Crippen molar-refractivity contribution in [3.63, 3.8) is 0 Å². The summed E-state index contributed by atoms with van der Waals surface area (Å²) in [6.07, 6.45) is 17.4. The molecule has 0 aliphatic heterocycles. The molecule has 0 atom stereocenters. The van der Waals surface area contributed by atoms with E-state index >= 15 is 0 Å². The summed E-state index contributed by atoms with van der Waals surface area (Å²) in [5, 5.41) is 0. The molecule has 0 amide bonds. The van der Waals surface area contributed by atoms with Crippen molar-refractivity contribution in [2.24, 2.45) is 0 Å². The third kappa shape index (κ3) is 38.1. The molecular formula is C20H43NaO5S. The Bertz CT molecular complexity index is 348. The standard InChI is InChI=1S/C16H34O4S.C4H10O.Na/c1-2-3-4-5-6-7-8-9-10-11-12-13-14-15-16-20-21(17,18)19;1-3-5-4-2;/h2-16H2,1H3,(H,17,18,19);3-4H2,1-2H3;/q;;+1/p-1. The zero-order valence-corrected chi connectivity index (χ0v) is 21.3. The minimum absolute atomic E-state index is 0. The Morgan fingerprint density at radius 3 is 1.22 bits per heavy atom. The van der Waals surface area contributed by atoms with Crippen LogP contribution in [0, 0.1) is 0 Å². The van der Waals surface area contributed by atoms with Crippen LogP contribution in [0.15, 0.2) is 0 Å². The Labute approximate surface area is 191 Å². The van der Waals surface area contributed by atoms with Crippen LogP contribution in [0.3, 0.4) is 0 Å². The van der Waals surface area contributed by atoms with Crippen LogP contribution in [0.1, 0.15) is 111 Å². The van der Waals surface area contributed by atoms with Crippen molar-refractivity contribution in [2.75, 3.05) is 19.8 Å². The van der Waals surface area contributed by atoms with Crippen LogP contribution in [0.2, 0.25) is 0 Å². The van der Waals surface area contributed by atoms with Crippen LogP contribution in [0.5, 0.6) is 0 Å². The molecule has 0 saturated carbocycles. The van der Waals surface area contributed by atoms with Gasteiger partial charge in [-0.3, -0.25) is 4.18 Å². The first kappa shape index (κ1) is 32.5. The molecule has 0 aromatic heterocycles. The summed E-state index contributed by atoms with van der Waals surface area (Å²) >= 11 is 0. The van der Waals surface area contributed by atoms with Crippen molar-refractivity contribution < 1.29 is 51.4 Å². The van der Waals surface area contributed by atoms with E-state index in [1.54, 1.807) is 0 Å². The number of unbranched alkanes of at least 4 members (excludes halogenated alkanes) is 13. The van der Waals surface area contributed by atoms with Crippen molar-refractivity contribution in [3.05, 3.63) is 0 Å². The van der Waals surface area contributed by atoms with Gasteiger partial charge in [0.2, 0.25) is 10.4 Å². The second kappa shape index (κ2) is 26.8. The largest absolute Gasteiger partial charge is 1.00 e. The number of rotatable bonds is 18. The van der Waals surface area contributed by atoms with E-state index < -0.39 is 10.4 Å². The Balaban J connectivity index is -0.000000844. The molecule has 5 nitrogen and oxygen atoms in total. The molecule has 0 N–H and O–H groups in total. The molecule has 0 bridgehead atoms. The van der Waals surface area contributed by atoms with E-state index in [0.29, 0.717) is 6.42 Å². The Morgan fingerprint density at radius 1 is 0.630 bits per heavy atom. The van der Waals surface area contributed by atoms with Crippen molar-refractivity contribution in [1.82, 2.24) is 0 Å². The maximum Gasteiger partial charge on any atom is 1.00 e. The first-order valence-corrected chi connectivity index (χ1v) is 12.0. The predicted molar refractivity (Wildman–Crippen MR) is 108 cm³/mol. The van der Waals surface area contributed by atoms with Gasteiger partial charge in [-0.2, -0.15) is 0 Å². The minimum Gasteiger partial charge on any atom is -0.726 e. The summed E-state index contributed by atoms with van der Waals surface area (Å²) in [5.74, 6) is 0. The van der Waals surface area contributed by atoms with Crippen molar-refractivity contribution in [1.29, 1.82) is 0 Å². The molecule has 0 aliphatic rings. The number of hydrogen-bond acceptors (Lipinski definition) is 5. The van der Waals surface area contributed by atoms with E-state index in [1.165, 1.54) is 70.6 Å². The molecular weight excluding hydrogens is 375 g/mol. The van der Waals surface area contributed by atoms with Crippen LogP contribution in [0.25, 0.3) is 0 Å². The van der Waals surface area contributed by atoms with Crippen molar-refractivity contribution in [3.8, 4) is 0 Å². The summed E-state index contributed by atoms with van der Waals surface area (Å²) in [4.78, 5) is 0. The average molecular weight is 419 g/mol. The van der Waals surface area contributed by atoms with E-state index in [1.807, 2.05) is 13.8 Å². The fraction of sp³-hybridized carbons (Fsp3) is 1.00. The van der Waals surface area contributed by atoms with Gasteiger partial charge in [0.05, 0.1) is 6.61 Å². The zero-order valence-electron chi connectivity index (χ0n) is 18.5. The summed E-state index contributed by atoms with van der Waals surface area (Å²) in [5.41, 5.74) is 0. The second-order valence-electron chi connectivity index (χ2n) is 6.61. The summed E-state index contributed by atoms with van der Waals surface area (Å²) in [6, 6.07) is 0. The quantitative estimate of drug-likeness (QED) is 0.148. The molecule has 0 aliphatic carbocycles. The minimum atomic E-state index is -4.49. The summed E-state index contributed by atoms with van der Waals surface area (Å²) in [7, 11) is -4.49. The molecule has 0 saturated heterocycles. The molecule has 0 radical (unpaired) electrons. The van der Waals surface area contributed by atoms with Crippen molar-refractivity contribution in [2.45, 2.75) is 111 Å². The van der Waals surface area contributed by atoms with E-state index in [0.717, 1.165) is 26.1 Å². The Hall–Kier alpha value is 0.830. The monoisotopic (exact) mass is 418 g/mol. The molecule has 0 heterocycles. The fourth-order valence-corrected chi connectivity index (χ4v) is 2.98. The second-order valence-corrected chi connectivity index (χ2v) is 7.66. The smallest absolute Gasteiger partial charge is 0.726 e. The van der Waals surface area contributed by atoms with E-state index in [4.69, 9.17) is 4.74 Å². The van der Waals surface area contributed by atoms with E-state index in [9.17, 15) is 13.0 Å². The van der Waals surface area contributed by atoms with Crippen LogP contribution < -0.4 is 29.6 Å². The number of hydrogen-bond donors (Lipinski definition) is 0. The van der Waals surface area contributed by atoms with E-state index in [2.05, 4.69) is 11.1 Å². The van der Waals surface area contributed by atoms with Crippen LogP contribution in [-0.4, -0.2) is 32.8 Å². The van der Waals surface area contributed by atoms with Crippen LogP contribution in [-0.2, 0) is 19.3 Å². The molecule has 0 rings (SSSR count). The van der Waals surface area contributed by atoms with Gasteiger partial charge in [-0.05, 0) is 20.3 Å². The van der Waals surface area contributed by atoms with Crippen molar-refractivity contribution >= 4 is 10.4 Å². The van der Waals surface area contributed by atoms with Crippen LogP contribution >= 0.6 is 0 Å². The van der Waals surface area contributed by atoms with Gasteiger partial charge < -0.3 is 9.29 Å². The fourth-order valence-electron chi connectivity index (χ4n) is 2.66. The molecule has 0 spiro atoms. The SMILES string of the molecule is CCCCCCCCCCCCCCCCOS(=O)(=O)[O-].CCOCC.[Na+]. The van der Waals surface area contributed by atoms with Gasteiger partial charge in [0.25, 0.3) is 0 Å². The zero-order chi connectivity index (χ0) is 19.9. The third-order valence-electron chi connectivity index (χ3n) is 4.13. The van der Waals surface area contributed by atoms with Gasteiger partial charge in [-0.1, -0.05) is 90.4 Å². The van der Waals surface area contributed by atoms with Gasteiger partial charge in [0.15, 0.2) is 0 Å². The Morgan fingerprint density at radius 2 is 0.963 bits per heavy atom. The molecule has 0 aromatic carbocycles. The normalized spacial score (nSPS) is 10.8. The molecule has 0 aromatic rings. The van der Waals surface area contributed by atoms with Gasteiger partial charge in [0, 0.05) is 13.2 Å². The van der Waals surface area contributed by atoms with Crippen LogP contribution in [0.4, 0.5) is 0 Å².